The first kappa shape index (κ1) is 38.7. The summed E-state index contributed by atoms with van der Waals surface area (Å²) in [6, 6.07) is 9.72. The van der Waals surface area contributed by atoms with Crippen molar-refractivity contribution >= 4 is 39.9 Å². The van der Waals surface area contributed by atoms with Crippen LogP contribution >= 0.6 is 0 Å². The summed E-state index contributed by atoms with van der Waals surface area (Å²) < 4.78 is 51.2. The molecule has 2 amide bonds. The summed E-state index contributed by atoms with van der Waals surface area (Å²) in [5.74, 6) is -0.305. The van der Waals surface area contributed by atoms with Crippen molar-refractivity contribution in [2.24, 2.45) is 0 Å². The molecule has 0 fully saturated rings. The lowest BCUT2D eigenvalue weighted by Crippen LogP contribution is -2.42. The first-order valence-electron chi connectivity index (χ1n) is 14.9. The number of amides is 2. The number of alkyl halides is 1. The van der Waals surface area contributed by atoms with Gasteiger partial charge in [-0.1, -0.05) is 18.2 Å². The molecule has 1 atom stereocenters. The Morgan fingerprint density at radius 2 is 1.66 bits per heavy atom. The normalized spacial score (nSPS) is 11.8. The van der Waals surface area contributed by atoms with Gasteiger partial charge >= 0.3 is 18.0 Å². The van der Waals surface area contributed by atoms with Crippen LogP contribution in [0.15, 0.2) is 47.4 Å². The fourth-order valence-electron chi connectivity index (χ4n) is 4.11. The molecule has 0 aliphatic heterocycles. The first-order valence-corrected chi connectivity index (χ1v) is 16.4. The molecule has 1 unspecified atom stereocenters. The number of nitrogens with one attached hydrogen (secondary N) is 2. The van der Waals surface area contributed by atoms with Gasteiger partial charge in [0.15, 0.2) is 11.5 Å². The van der Waals surface area contributed by atoms with E-state index in [2.05, 4.69) is 41.3 Å². The molecule has 2 aromatic carbocycles. The van der Waals surface area contributed by atoms with Crippen LogP contribution < -0.4 is 30.1 Å². The number of halogens is 1. The van der Waals surface area contributed by atoms with Gasteiger partial charge in [-0.25, -0.2) is 27.1 Å². The fourth-order valence-corrected chi connectivity index (χ4v) is 5.29. The van der Waals surface area contributed by atoms with Gasteiger partial charge in [-0.2, -0.15) is 29.9 Å². The van der Waals surface area contributed by atoms with E-state index in [1.807, 2.05) is 32.9 Å². The standard InChI is InChI=1S/C17H24FN5O.C14H15N5O6S/c1-10-6-11(2)8-13(7-10)24-9-12(3)20-16-22-14(17(4,5)18)21-15(19)23-16;1-8-15-12(17-13(16-8)25-3)19(2)14(22)18-26(23,24)10-7-5-4-6-9(10)11(20)21/h6-8,12H,9H2,1-5H3,(H3,19,20,21,22,23);4-7H,1-3H3,(H,18,22)(H,20,21). The van der Waals surface area contributed by atoms with Gasteiger partial charge in [0.1, 0.15) is 23.1 Å². The minimum atomic E-state index is -4.44. The Bertz CT molecular complexity index is 1940. The highest BCUT2D eigenvalue weighted by Gasteiger charge is 2.27. The van der Waals surface area contributed by atoms with Crippen molar-refractivity contribution in [2.75, 3.05) is 36.7 Å². The smallest absolute Gasteiger partial charge is 0.337 e. The molecule has 19 heteroatoms. The number of aromatic nitrogens is 6. The van der Waals surface area contributed by atoms with E-state index >= 15 is 0 Å². The van der Waals surface area contributed by atoms with Crippen LogP contribution in [0.5, 0.6) is 11.8 Å². The lowest BCUT2D eigenvalue weighted by Gasteiger charge is -2.18. The van der Waals surface area contributed by atoms with E-state index < -0.39 is 38.2 Å². The van der Waals surface area contributed by atoms with Crippen LogP contribution in [0, 0.1) is 20.8 Å². The third-order valence-corrected chi connectivity index (χ3v) is 7.76. The molecule has 50 heavy (non-hydrogen) atoms. The number of aromatic carboxylic acids is 1. The van der Waals surface area contributed by atoms with Crippen molar-refractivity contribution in [3.8, 4) is 11.8 Å². The van der Waals surface area contributed by atoms with Crippen molar-refractivity contribution in [1.29, 1.82) is 0 Å². The number of ether oxygens (including phenoxy) is 2. The molecule has 2 aromatic heterocycles. The van der Waals surface area contributed by atoms with Crippen molar-refractivity contribution in [3.05, 3.63) is 70.8 Å². The topological polar surface area (TPSA) is 238 Å². The van der Waals surface area contributed by atoms with Gasteiger partial charge in [0.2, 0.25) is 17.8 Å². The molecule has 268 valence electrons. The van der Waals surface area contributed by atoms with Crippen LogP contribution in [-0.4, -0.2) is 82.2 Å². The van der Waals surface area contributed by atoms with Gasteiger partial charge < -0.3 is 25.6 Å². The zero-order valence-electron chi connectivity index (χ0n) is 28.7. The van der Waals surface area contributed by atoms with Gasteiger partial charge in [-0.3, -0.25) is 4.90 Å². The summed E-state index contributed by atoms with van der Waals surface area (Å²) in [5, 5.41) is 12.2. The maximum atomic E-state index is 14.0. The minimum Gasteiger partial charge on any atom is -0.491 e. The number of carbonyl (C=O) groups is 2. The van der Waals surface area contributed by atoms with E-state index in [1.54, 1.807) is 11.6 Å². The van der Waals surface area contributed by atoms with Crippen LogP contribution in [0.25, 0.3) is 0 Å². The number of hydrogen-bond acceptors (Lipinski definition) is 14. The predicted octanol–water partition coefficient (Wildman–Crippen LogP) is 3.58. The van der Waals surface area contributed by atoms with Crippen LogP contribution in [0.4, 0.5) is 27.0 Å². The zero-order valence-corrected chi connectivity index (χ0v) is 29.5. The Kier molecular flexibility index (Phi) is 12.5. The highest BCUT2D eigenvalue weighted by Crippen LogP contribution is 2.22. The SMILES string of the molecule is COc1nc(C)nc(N(C)C(=O)NS(=O)(=O)c2ccccc2C(=O)O)n1.Cc1cc(C)cc(OCC(C)Nc2nc(N)nc(C(C)(C)F)n2)c1. The van der Waals surface area contributed by atoms with E-state index in [4.69, 9.17) is 20.3 Å². The number of rotatable bonds is 11. The van der Waals surface area contributed by atoms with Gasteiger partial charge in [0.05, 0.1) is 18.7 Å². The van der Waals surface area contributed by atoms with Crippen LogP contribution in [0.3, 0.4) is 0 Å². The Labute approximate surface area is 288 Å². The Morgan fingerprint density at radius 3 is 2.26 bits per heavy atom. The molecule has 4 rings (SSSR count). The molecule has 0 aliphatic carbocycles. The molecule has 2 heterocycles. The van der Waals surface area contributed by atoms with E-state index in [9.17, 15) is 22.4 Å². The van der Waals surface area contributed by atoms with Gasteiger partial charge in [0, 0.05) is 7.05 Å². The zero-order chi connectivity index (χ0) is 37.4. The number of carbonyl (C=O) groups excluding carboxylic acids is 1. The summed E-state index contributed by atoms with van der Waals surface area (Å²) in [6.07, 6.45) is 0. The summed E-state index contributed by atoms with van der Waals surface area (Å²) in [4.78, 5) is 47.3. The van der Waals surface area contributed by atoms with Crippen molar-refractivity contribution in [2.45, 2.75) is 58.1 Å². The molecule has 0 aliphatic rings. The average molecular weight is 715 g/mol. The van der Waals surface area contributed by atoms with Gasteiger partial charge in [-0.05, 0) is 76.9 Å². The molecular weight excluding hydrogens is 675 g/mol. The Morgan fingerprint density at radius 1 is 1.02 bits per heavy atom. The minimum absolute atomic E-state index is 0.0000673. The molecule has 0 saturated carbocycles. The monoisotopic (exact) mass is 714 g/mol. The second kappa shape index (κ2) is 16.1. The third-order valence-electron chi connectivity index (χ3n) is 6.39. The maximum Gasteiger partial charge on any atom is 0.337 e. The van der Waals surface area contributed by atoms with Crippen LogP contribution in [0.1, 0.15) is 53.9 Å². The molecular formula is C31H39FN10O7S. The molecule has 0 saturated heterocycles. The van der Waals surface area contributed by atoms with Crippen LogP contribution in [0.2, 0.25) is 0 Å². The number of urea groups is 1. The number of hydrogen-bond donors (Lipinski definition) is 4. The largest absolute Gasteiger partial charge is 0.491 e. The molecule has 0 bridgehead atoms. The Balaban J connectivity index is 0.000000271. The maximum absolute atomic E-state index is 14.0. The second-order valence-electron chi connectivity index (χ2n) is 11.4. The van der Waals surface area contributed by atoms with E-state index in [0.29, 0.717) is 6.61 Å². The Hall–Kier alpha value is -5.72. The molecule has 17 nitrogen and oxygen atoms in total. The molecule has 5 N–H and O–H groups in total. The summed E-state index contributed by atoms with van der Waals surface area (Å²) >= 11 is 0. The summed E-state index contributed by atoms with van der Waals surface area (Å²) in [5.41, 5.74) is 5.77. The van der Waals surface area contributed by atoms with Crippen molar-refractivity contribution < 1.29 is 37.0 Å². The van der Waals surface area contributed by atoms with Gasteiger partial charge in [-0.15, -0.1) is 0 Å². The number of aryl methyl sites for hydroxylation is 3. The average Bonchev–Trinajstić information content (AvgIpc) is 3.02. The second-order valence-corrected chi connectivity index (χ2v) is 13.1. The summed E-state index contributed by atoms with van der Waals surface area (Å²) in [7, 11) is -1.87. The number of nitrogens with two attached hydrogens (primary N) is 1. The lowest BCUT2D eigenvalue weighted by atomic mass is 10.1. The van der Waals surface area contributed by atoms with E-state index in [0.717, 1.165) is 33.9 Å². The number of nitrogen functional groups attached to an aromatic ring is 1. The number of carboxylic acids is 1. The quantitative estimate of drug-likeness (QED) is 0.174. The number of carboxylic acid groups (broad SMARTS) is 1. The van der Waals surface area contributed by atoms with E-state index in [1.165, 1.54) is 40.1 Å². The highest BCUT2D eigenvalue weighted by molar-refractivity contribution is 7.90. The number of anilines is 3. The summed E-state index contributed by atoms with van der Waals surface area (Å²) in [6.45, 7) is 10.7. The fraction of sp³-hybridized carbons (Fsp3) is 0.355. The predicted molar refractivity (Wildman–Crippen MR) is 182 cm³/mol. The third kappa shape index (κ3) is 10.9. The number of sulfonamides is 1. The number of nitrogens with zero attached hydrogens (tertiary/aromatic N) is 7. The van der Waals surface area contributed by atoms with Crippen LogP contribution in [-0.2, 0) is 15.7 Å². The highest BCUT2D eigenvalue weighted by atomic mass is 32.2. The molecule has 0 spiro atoms. The van der Waals surface area contributed by atoms with Gasteiger partial charge in [0.25, 0.3) is 10.0 Å². The van der Waals surface area contributed by atoms with Crippen molar-refractivity contribution in [1.82, 2.24) is 34.6 Å². The number of benzene rings is 2. The lowest BCUT2D eigenvalue weighted by molar-refractivity contribution is 0.0692. The van der Waals surface area contributed by atoms with E-state index in [-0.39, 0.29) is 41.5 Å². The number of methoxy groups -OCH3 is 1. The molecule has 4 aromatic rings. The van der Waals surface area contributed by atoms with Crippen molar-refractivity contribution in [3.63, 3.8) is 0 Å². The molecule has 0 radical (unpaired) electrons. The first-order chi connectivity index (χ1) is 23.3.